The highest BCUT2D eigenvalue weighted by molar-refractivity contribution is 5.95. The van der Waals surface area contributed by atoms with Crippen LogP contribution in [0, 0.1) is 13.8 Å². The zero-order chi connectivity index (χ0) is 18.8. The van der Waals surface area contributed by atoms with Crippen molar-refractivity contribution >= 4 is 5.91 Å². The average Bonchev–Trinajstić information content (AvgIpc) is 3.13. The second-order valence-electron chi connectivity index (χ2n) is 7.52. The van der Waals surface area contributed by atoms with Crippen molar-refractivity contribution in [2.24, 2.45) is 0 Å². The molecule has 0 bridgehead atoms. The molecule has 2 aliphatic rings. The Kier molecular flexibility index (Phi) is 5.27. The zero-order valence-corrected chi connectivity index (χ0v) is 16.2. The number of hydrogen-bond donors (Lipinski definition) is 1. The van der Waals surface area contributed by atoms with Crippen molar-refractivity contribution in [1.29, 1.82) is 0 Å². The number of piperidine rings is 1. The third-order valence-electron chi connectivity index (χ3n) is 5.71. The van der Waals surface area contributed by atoms with Gasteiger partial charge in [-0.15, -0.1) is 0 Å². The van der Waals surface area contributed by atoms with E-state index in [2.05, 4.69) is 37.4 Å². The van der Waals surface area contributed by atoms with Crippen molar-refractivity contribution < 1.29 is 9.53 Å². The van der Waals surface area contributed by atoms with Crippen LogP contribution >= 0.6 is 0 Å². The third-order valence-corrected chi connectivity index (χ3v) is 5.71. The van der Waals surface area contributed by atoms with Crippen molar-refractivity contribution in [3.05, 3.63) is 46.8 Å². The number of para-hydroxylation sites is 1. The van der Waals surface area contributed by atoms with E-state index in [0.29, 0.717) is 32.2 Å². The molecule has 0 aliphatic carbocycles. The van der Waals surface area contributed by atoms with Crippen LogP contribution in [0.5, 0.6) is 0 Å². The topological polar surface area (TPSA) is 59.4 Å². The van der Waals surface area contributed by atoms with Gasteiger partial charge in [0.2, 0.25) is 0 Å². The molecule has 0 spiro atoms. The number of hydrogen-bond acceptors (Lipinski definition) is 4. The molecular formula is C21H28N4O2. The first-order valence-electron chi connectivity index (χ1n) is 9.89. The van der Waals surface area contributed by atoms with E-state index in [4.69, 9.17) is 9.84 Å². The minimum atomic E-state index is 0.0873. The normalized spacial score (nSPS) is 18.7. The number of carbonyl (C=O) groups excluding carboxylic acids is 1. The quantitative estimate of drug-likeness (QED) is 0.904. The van der Waals surface area contributed by atoms with Gasteiger partial charge in [-0.1, -0.05) is 18.2 Å². The van der Waals surface area contributed by atoms with Crippen molar-refractivity contribution in [3.63, 3.8) is 0 Å². The van der Waals surface area contributed by atoms with Gasteiger partial charge in [0.1, 0.15) is 0 Å². The van der Waals surface area contributed by atoms with E-state index in [9.17, 15) is 4.79 Å². The number of amides is 1. The summed E-state index contributed by atoms with van der Waals surface area (Å²) in [7, 11) is 0. The number of carbonyl (C=O) groups is 1. The Bertz CT molecular complexity index is 797. The Morgan fingerprint density at radius 3 is 2.48 bits per heavy atom. The SMILES string of the molecule is Cc1cccc(C)c1-n1ncc(C(=O)N2CCOCC2)c1C1CCNCC1. The fourth-order valence-corrected chi connectivity index (χ4v) is 4.27. The monoisotopic (exact) mass is 368 g/mol. The number of ether oxygens (including phenoxy) is 1. The molecule has 1 aromatic heterocycles. The smallest absolute Gasteiger partial charge is 0.257 e. The van der Waals surface area contributed by atoms with Gasteiger partial charge in [0.25, 0.3) is 5.91 Å². The first-order valence-corrected chi connectivity index (χ1v) is 9.89. The van der Waals surface area contributed by atoms with Crippen LogP contribution in [-0.2, 0) is 4.74 Å². The molecule has 4 rings (SSSR count). The minimum absolute atomic E-state index is 0.0873. The van der Waals surface area contributed by atoms with Crippen LogP contribution in [0.2, 0.25) is 0 Å². The Labute approximate surface area is 160 Å². The maximum atomic E-state index is 13.3. The number of nitrogens with one attached hydrogen (secondary N) is 1. The summed E-state index contributed by atoms with van der Waals surface area (Å²) in [6.45, 7) is 8.71. The molecule has 2 fully saturated rings. The molecule has 2 aromatic rings. The number of morpholine rings is 1. The first kappa shape index (κ1) is 18.2. The van der Waals surface area contributed by atoms with E-state index in [0.717, 1.165) is 42.9 Å². The van der Waals surface area contributed by atoms with Gasteiger partial charge in [0.15, 0.2) is 0 Å². The van der Waals surface area contributed by atoms with E-state index < -0.39 is 0 Å². The van der Waals surface area contributed by atoms with Crippen molar-refractivity contribution in [3.8, 4) is 5.69 Å². The summed E-state index contributed by atoms with van der Waals surface area (Å²) >= 11 is 0. The summed E-state index contributed by atoms with van der Waals surface area (Å²) in [5.41, 5.74) is 5.29. The van der Waals surface area contributed by atoms with Gasteiger partial charge in [-0.05, 0) is 50.9 Å². The van der Waals surface area contributed by atoms with Crippen LogP contribution in [0.1, 0.15) is 45.9 Å². The summed E-state index contributed by atoms with van der Waals surface area (Å²) < 4.78 is 7.45. The molecule has 0 unspecified atom stereocenters. The highest BCUT2D eigenvalue weighted by Crippen LogP contribution is 2.32. The number of aromatic nitrogens is 2. The van der Waals surface area contributed by atoms with Gasteiger partial charge in [-0.2, -0.15) is 5.10 Å². The van der Waals surface area contributed by atoms with Crippen LogP contribution in [0.4, 0.5) is 0 Å². The molecule has 1 N–H and O–H groups in total. The molecule has 6 heteroatoms. The lowest BCUT2D eigenvalue weighted by atomic mass is 9.91. The highest BCUT2D eigenvalue weighted by atomic mass is 16.5. The van der Waals surface area contributed by atoms with Gasteiger partial charge in [0, 0.05) is 19.0 Å². The van der Waals surface area contributed by atoms with E-state index in [-0.39, 0.29) is 5.91 Å². The van der Waals surface area contributed by atoms with Crippen LogP contribution < -0.4 is 5.32 Å². The number of rotatable bonds is 3. The fourth-order valence-electron chi connectivity index (χ4n) is 4.27. The van der Waals surface area contributed by atoms with Crippen LogP contribution in [0.25, 0.3) is 5.69 Å². The van der Waals surface area contributed by atoms with Crippen molar-refractivity contribution in [2.45, 2.75) is 32.6 Å². The maximum absolute atomic E-state index is 13.3. The van der Waals surface area contributed by atoms with Gasteiger partial charge in [-0.3, -0.25) is 4.79 Å². The predicted octanol–water partition coefficient (Wildman–Crippen LogP) is 2.43. The Hall–Kier alpha value is -2.18. The summed E-state index contributed by atoms with van der Waals surface area (Å²) in [6.07, 6.45) is 3.83. The Morgan fingerprint density at radius 1 is 1.15 bits per heavy atom. The van der Waals surface area contributed by atoms with E-state index in [1.54, 1.807) is 6.20 Å². The van der Waals surface area contributed by atoms with Crippen LogP contribution in [0.15, 0.2) is 24.4 Å². The largest absolute Gasteiger partial charge is 0.378 e. The average molecular weight is 368 g/mol. The lowest BCUT2D eigenvalue weighted by Gasteiger charge is -2.29. The molecule has 0 radical (unpaired) electrons. The molecule has 0 atom stereocenters. The number of nitrogens with zero attached hydrogens (tertiary/aromatic N) is 3. The Balaban J connectivity index is 1.80. The summed E-state index contributed by atoms with van der Waals surface area (Å²) in [5, 5.41) is 8.15. The van der Waals surface area contributed by atoms with Gasteiger partial charge < -0.3 is 15.0 Å². The molecule has 0 saturated carbocycles. The summed E-state index contributed by atoms with van der Waals surface area (Å²) in [5.74, 6) is 0.428. The number of aryl methyl sites for hydroxylation is 2. The maximum Gasteiger partial charge on any atom is 0.257 e. The molecular weight excluding hydrogens is 340 g/mol. The second kappa shape index (κ2) is 7.82. The first-order chi connectivity index (χ1) is 13.2. The summed E-state index contributed by atoms with van der Waals surface area (Å²) in [6, 6.07) is 6.29. The van der Waals surface area contributed by atoms with E-state index >= 15 is 0 Å². The molecule has 2 aliphatic heterocycles. The fraction of sp³-hybridized carbons (Fsp3) is 0.524. The molecule has 144 valence electrons. The molecule has 1 aromatic carbocycles. The second-order valence-corrected chi connectivity index (χ2v) is 7.52. The van der Waals surface area contributed by atoms with E-state index in [1.807, 2.05) is 9.58 Å². The Morgan fingerprint density at radius 2 is 1.81 bits per heavy atom. The van der Waals surface area contributed by atoms with Gasteiger partial charge >= 0.3 is 0 Å². The summed E-state index contributed by atoms with van der Waals surface area (Å²) in [4.78, 5) is 15.2. The van der Waals surface area contributed by atoms with Crippen molar-refractivity contribution in [2.75, 3.05) is 39.4 Å². The zero-order valence-electron chi connectivity index (χ0n) is 16.2. The van der Waals surface area contributed by atoms with Crippen molar-refractivity contribution in [1.82, 2.24) is 20.0 Å². The molecule has 3 heterocycles. The highest BCUT2D eigenvalue weighted by Gasteiger charge is 2.30. The molecule has 1 amide bonds. The molecule has 6 nitrogen and oxygen atoms in total. The standard InChI is InChI=1S/C21H28N4O2/c1-15-4-3-5-16(2)19(15)25-20(17-6-8-22-9-7-17)18(14-23-25)21(26)24-10-12-27-13-11-24/h3-5,14,17,22H,6-13H2,1-2H3. The third kappa shape index (κ3) is 3.51. The number of benzene rings is 1. The van der Waals surface area contributed by atoms with Crippen LogP contribution in [0.3, 0.4) is 0 Å². The molecule has 2 saturated heterocycles. The minimum Gasteiger partial charge on any atom is -0.378 e. The lowest BCUT2D eigenvalue weighted by Crippen LogP contribution is -2.41. The lowest BCUT2D eigenvalue weighted by molar-refractivity contribution is 0.0301. The van der Waals surface area contributed by atoms with E-state index in [1.165, 1.54) is 11.1 Å². The predicted molar refractivity (Wildman–Crippen MR) is 105 cm³/mol. The van der Waals surface area contributed by atoms with Gasteiger partial charge in [0.05, 0.1) is 36.4 Å². The van der Waals surface area contributed by atoms with Crippen LogP contribution in [-0.4, -0.2) is 60.0 Å². The molecule has 27 heavy (non-hydrogen) atoms. The van der Waals surface area contributed by atoms with Gasteiger partial charge in [-0.25, -0.2) is 4.68 Å².